The zero-order valence-electron chi connectivity index (χ0n) is 10.1. The average Bonchev–Trinajstić information content (AvgIpc) is 3.02. The molecule has 2 heterocycles. The van der Waals surface area contributed by atoms with Gasteiger partial charge in [0.05, 0.1) is 0 Å². The van der Waals surface area contributed by atoms with E-state index in [9.17, 15) is 0 Å². The molecule has 3 aromatic rings. The Bertz CT molecular complexity index is 663. The smallest absolute Gasteiger partial charge is 0.164 e. The van der Waals surface area contributed by atoms with Crippen molar-refractivity contribution in [2.75, 3.05) is 5.43 Å². The highest BCUT2D eigenvalue weighted by atomic mass is 15.3. The number of hydrogen-bond acceptors (Lipinski definition) is 5. The Balaban J connectivity index is 2.13. The summed E-state index contributed by atoms with van der Waals surface area (Å²) in [5.74, 6) is 7.25. The minimum absolute atomic E-state index is 0.541. The van der Waals surface area contributed by atoms with Crippen molar-refractivity contribution >= 4 is 5.82 Å². The number of hydrazine groups is 1. The normalized spacial score (nSPS) is 10.4. The molecule has 0 saturated carbocycles. The van der Waals surface area contributed by atoms with E-state index in [1.54, 1.807) is 16.9 Å². The Morgan fingerprint density at radius 2 is 1.89 bits per heavy atom. The van der Waals surface area contributed by atoms with Crippen LogP contribution in [0.3, 0.4) is 0 Å². The summed E-state index contributed by atoms with van der Waals surface area (Å²) >= 11 is 0. The maximum Gasteiger partial charge on any atom is 0.164 e. The van der Waals surface area contributed by atoms with Gasteiger partial charge in [-0.1, -0.05) is 30.3 Å². The van der Waals surface area contributed by atoms with Crippen molar-refractivity contribution in [3.05, 3.63) is 54.9 Å². The first-order valence-electron chi connectivity index (χ1n) is 5.78. The minimum Gasteiger partial charge on any atom is -0.308 e. The molecule has 3 rings (SSSR count). The average molecular weight is 252 g/mol. The third kappa shape index (κ3) is 2.29. The van der Waals surface area contributed by atoms with Crippen LogP contribution in [0.5, 0.6) is 0 Å². The molecule has 2 aromatic heterocycles. The van der Waals surface area contributed by atoms with Gasteiger partial charge in [0.25, 0.3) is 0 Å². The lowest BCUT2D eigenvalue weighted by atomic mass is 10.2. The Morgan fingerprint density at radius 3 is 2.58 bits per heavy atom. The number of anilines is 1. The Labute approximate surface area is 109 Å². The molecule has 19 heavy (non-hydrogen) atoms. The van der Waals surface area contributed by atoms with E-state index in [-0.39, 0.29) is 0 Å². The molecule has 6 nitrogen and oxygen atoms in total. The molecule has 0 saturated heterocycles. The number of nitrogen functional groups attached to an aromatic ring is 1. The summed E-state index contributed by atoms with van der Waals surface area (Å²) < 4.78 is 1.66. The molecule has 3 N–H and O–H groups in total. The number of nitrogens with one attached hydrogen (secondary N) is 1. The first-order chi connectivity index (χ1) is 9.36. The van der Waals surface area contributed by atoms with E-state index in [1.807, 2.05) is 42.6 Å². The zero-order valence-corrected chi connectivity index (χ0v) is 10.1. The fourth-order valence-corrected chi connectivity index (χ4v) is 1.75. The predicted molar refractivity (Wildman–Crippen MR) is 72.4 cm³/mol. The van der Waals surface area contributed by atoms with Gasteiger partial charge in [0.15, 0.2) is 11.6 Å². The van der Waals surface area contributed by atoms with E-state index in [0.717, 1.165) is 5.56 Å². The molecule has 0 fully saturated rings. The molecule has 0 amide bonds. The Morgan fingerprint density at radius 1 is 1.05 bits per heavy atom. The molecular weight excluding hydrogens is 240 g/mol. The second-order valence-electron chi connectivity index (χ2n) is 3.90. The van der Waals surface area contributed by atoms with Crippen LogP contribution < -0.4 is 11.3 Å². The second kappa shape index (κ2) is 4.87. The van der Waals surface area contributed by atoms with E-state index >= 15 is 0 Å². The van der Waals surface area contributed by atoms with Crippen molar-refractivity contribution < 1.29 is 0 Å². The lowest BCUT2D eigenvalue weighted by Crippen LogP contribution is -2.11. The molecule has 0 spiro atoms. The minimum atomic E-state index is 0.541. The molecular formula is C13H12N6. The zero-order chi connectivity index (χ0) is 13.1. The van der Waals surface area contributed by atoms with E-state index in [4.69, 9.17) is 5.84 Å². The fraction of sp³-hybridized carbons (Fsp3) is 0. The largest absolute Gasteiger partial charge is 0.308 e. The highest BCUT2D eigenvalue weighted by Crippen LogP contribution is 2.18. The van der Waals surface area contributed by atoms with Gasteiger partial charge in [-0.25, -0.2) is 20.5 Å². The van der Waals surface area contributed by atoms with Gasteiger partial charge in [-0.3, -0.25) is 0 Å². The Kier molecular flexibility index (Phi) is 2.91. The lowest BCUT2D eigenvalue weighted by Gasteiger charge is -2.07. The van der Waals surface area contributed by atoms with Crippen molar-refractivity contribution in [1.29, 1.82) is 0 Å². The van der Waals surface area contributed by atoms with Crippen molar-refractivity contribution in [3.8, 4) is 17.2 Å². The SMILES string of the molecule is NNc1cc(-n2cccn2)nc(-c2ccccc2)n1. The second-order valence-corrected chi connectivity index (χ2v) is 3.90. The molecule has 0 radical (unpaired) electrons. The molecule has 0 bridgehead atoms. The molecule has 6 heteroatoms. The number of nitrogens with two attached hydrogens (primary N) is 1. The predicted octanol–water partition coefficient (Wildman–Crippen LogP) is 1.61. The van der Waals surface area contributed by atoms with Crippen LogP contribution in [0.2, 0.25) is 0 Å². The van der Waals surface area contributed by atoms with Crippen LogP contribution in [0.15, 0.2) is 54.9 Å². The van der Waals surface area contributed by atoms with Gasteiger partial charge in [-0.2, -0.15) is 5.10 Å². The quantitative estimate of drug-likeness (QED) is 0.546. The lowest BCUT2D eigenvalue weighted by molar-refractivity contribution is 0.842. The summed E-state index contributed by atoms with van der Waals surface area (Å²) in [6.07, 6.45) is 3.51. The third-order valence-corrected chi connectivity index (χ3v) is 2.63. The first-order valence-corrected chi connectivity index (χ1v) is 5.78. The molecule has 0 unspecified atom stereocenters. The molecule has 1 aromatic carbocycles. The van der Waals surface area contributed by atoms with E-state index in [2.05, 4.69) is 20.5 Å². The van der Waals surface area contributed by atoms with Crippen molar-refractivity contribution in [1.82, 2.24) is 19.7 Å². The van der Waals surface area contributed by atoms with Gasteiger partial charge in [0, 0.05) is 24.0 Å². The number of hydrogen-bond donors (Lipinski definition) is 2. The van der Waals surface area contributed by atoms with E-state index < -0.39 is 0 Å². The molecule has 0 aliphatic heterocycles. The standard InChI is InChI=1S/C13H12N6/c14-18-11-9-12(19-8-4-7-15-19)17-13(16-11)10-5-2-1-3-6-10/h1-9H,14H2,(H,16,17,18). The van der Waals surface area contributed by atoms with Crippen LogP contribution in [0.25, 0.3) is 17.2 Å². The summed E-state index contributed by atoms with van der Waals surface area (Å²) in [6, 6.07) is 13.3. The first kappa shape index (κ1) is 11.4. The molecule has 0 aliphatic carbocycles. The van der Waals surface area contributed by atoms with Crippen LogP contribution in [0.4, 0.5) is 5.82 Å². The Hall–Kier alpha value is -2.73. The summed E-state index contributed by atoms with van der Waals surface area (Å²) in [5.41, 5.74) is 3.47. The van der Waals surface area contributed by atoms with Crippen LogP contribution in [-0.2, 0) is 0 Å². The van der Waals surface area contributed by atoms with Crippen LogP contribution in [-0.4, -0.2) is 19.7 Å². The van der Waals surface area contributed by atoms with Gasteiger partial charge in [0.1, 0.15) is 5.82 Å². The van der Waals surface area contributed by atoms with Gasteiger partial charge < -0.3 is 5.43 Å². The fourth-order valence-electron chi connectivity index (χ4n) is 1.75. The van der Waals surface area contributed by atoms with Gasteiger partial charge >= 0.3 is 0 Å². The maximum atomic E-state index is 5.45. The van der Waals surface area contributed by atoms with Gasteiger partial charge in [0.2, 0.25) is 0 Å². The molecule has 0 atom stereocenters. The summed E-state index contributed by atoms with van der Waals surface area (Å²) in [7, 11) is 0. The van der Waals surface area contributed by atoms with E-state index in [0.29, 0.717) is 17.5 Å². The van der Waals surface area contributed by atoms with Crippen LogP contribution in [0.1, 0.15) is 0 Å². The van der Waals surface area contributed by atoms with Crippen LogP contribution >= 0.6 is 0 Å². The maximum absolute atomic E-state index is 5.45. The number of nitrogens with zero attached hydrogens (tertiary/aromatic N) is 4. The molecule has 0 aliphatic rings. The number of rotatable bonds is 3. The summed E-state index contributed by atoms with van der Waals surface area (Å²) in [5, 5.41) is 4.15. The van der Waals surface area contributed by atoms with Crippen LogP contribution in [0, 0.1) is 0 Å². The topological polar surface area (TPSA) is 81.6 Å². The molecule has 94 valence electrons. The highest BCUT2D eigenvalue weighted by molar-refractivity contribution is 5.58. The van der Waals surface area contributed by atoms with Crippen molar-refractivity contribution in [2.24, 2.45) is 5.84 Å². The number of aromatic nitrogens is 4. The highest BCUT2D eigenvalue weighted by Gasteiger charge is 2.07. The van der Waals surface area contributed by atoms with Gasteiger partial charge in [-0.05, 0) is 6.07 Å². The van der Waals surface area contributed by atoms with Gasteiger partial charge in [-0.15, -0.1) is 0 Å². The third-order valence-electron chi connectivity index (χ3n) is 2.63. The summed E-state index contributed by atoms with van der Waals surface area (Å²) in [6.45, 7) is 0. The van der Waals surface area contributed by atoms with Crippen molar-refractivity contribution in [2.45, 2.75) is 0 Å². The van der Waals surface area contributed by atoms with E-state index in [1.165, 1.54) is 0 Å². The number of benzene rings is 1. The monoisotopic (exact) mass is 252 g/mol. The summed E-state index contributed by atoms with van der Waals surface area (Å²) in [4.78, 5) is 8.83. The van der Waals surface area contributed by atoms with Crippen molar-refractivity contribution in [3.63, 3.8) is 0 Å².